The molecular formula is C14H15N5OS. The van der Waals surface area contributed by atoms with Crippen LogP contribution in [0.25, 0.3) is 11.0 Å². The molecule has 0 saturated carbocycles. The van der Waals surface area contributed by atoms with Crippen molar-refractivity contribution >= 4 is 34.1 Å². The molecule has 1 aromatic carbocycles. The van der Waals surface area contributed by atoms with E-state index < -0.39 is 0 Å². The number of thiophene rings is 1. The van der Waals surface area contributed by atoms with E-state index in [-0.39, 0.29) is 12.1 Å². The average molecular weight is 301 g/mol. The molecule has 2 aromatic heterocycles. The Balaban J connectivity index is 1.73. The first kappa shape index (κ1) is 13.6. The number of aromatic nitrogens is 3. The summed E-state index contributed by atoms with van der Waals surface area (Å²) in [5.74, 6) is 0. The van der Waals surface area contributed by atoms with E-state index in [0.29, 0.717) is 5.69 Å². The van der Waals surface area contributed by atoms with Gasteiger partial charge in [0.25, 0.3) is 0 Å². The lowest BCUT2D eigenvalue weighted by atomic mass is 10.2. The normalized spacial score (nSPS) is 12.3. The minimum Gasteiger partial charge on any atom is -0.320 e. The van der Waals surface area contributed by atoms with Crippen molar-refractivity contribution in [1.29, 1.82) is 0 Å². The number of nitrogens with one attached hydrogen (secondary N) is 2. The lowest BCUT2D eigenvalue weighted by Gasteiger charge is -2.24. The Morgan fingerprint density at radius 3 is 2.90 bits per heavy atom. The van der Waals surface area contributed by atoms with E-state index in [2.05, 4.69) is 20.7 Å². The Labute approximate surface area is 125 Å². The van der Waals surface area contributed by atoms with Gasteiger partial charge in [-0.2, -0.15) is 15.4 Å². The molecule has 0 fully saturated rings. The van der Waals surface area contributed by atoms with E-state index in [1.54, 1.807) is 29.4 Å². The maximum Gasteiger partial charge on any atom is 0.322 e. The number of nitrogens with zero attached hydrogens (tertiary/aromatic N) is 3. The van der Waals surface area contributed by atoms with E-state index in [0.717, 1.165) is 15.9 Å². The van der Waals surface area contributed by atoms with Gasteiger partial charge in [-0.3, -0.25) is 0 Å². The maximum absolute atomic E-state index is 12.3. The summed E-state index contributed by atoms with van der Waals surface area (Å²) in [5, 5.41) is 15.4. The molecule has 7 heteroatoms. The molecular weight excluding hydrogens is 286 g/mol. The zero-order valence-electron chi connectivity index (χ0n) is 11.7. The molecule has 0 bridgehead atoms. The van der Waals surface area contributed by atoms with Crippen LogP contribution in [0, 0.1) is 0 Å². The Hall–Kier alpha value is -2.41. The van der Waals surface area contributed by atoms with Crippen LogP contribution in [0.2, 0.25) is 0 Å². The van der Waals surface area contributed by atoms with Gasteiger partial charge in [0.15, 0.2) is 0 Å². The van der Waals surface area contributed by atoms with Crippen LogP contribution in [0.3, 0.4) is 0 Å². The molecule has 2 N–H and O–H groups in total. The largest absolute Gasteiger partial charge is 0.322 e. The molecule has 0 aliphatic heterocycles. The number of carbonyl (C=O) groups excluding carboxylic acids is 1. The highest BCUT2D eigenvalue weighted by atomic mass is 32.1. The fraction of sp³-hybridized carbons (Fsp3) is 0.214. The van der Waals surface area contributed by atoms with Gasteiger partial charge in [-0.15, -0.1) is 11.3 Å². The predicted octanol–water partition coefficient (Wildman–Crippen LogP) is 3.24. The van der Waals surface area contributed by atoms with Crippen LogP contribution in [0.4, 0.5) is 10.5 Å². The first-order chi connectivity index (χ1) is 10.1. The van der Waals surface area contributed by atoms with Crippen LogP contribution < -0.4 is 5.32 Å². The second-order valence-electron chi connectivity index (χ2n) is 4.76. The number of urea groups is 1. The van der Waals surface area contributed by atoms with Gasteiger partial charge >= 0.3 is 6.03 Å². The van der Waals surface area contributed by atoms with E-state index in [1.807, 2.05) is 36.6 Å². The molecule has 0 spiro atoms. The first-order valence-corrected chi connectivity index (χ1v) is 7.41. The van der Waals surface area contributed by atoms with E-state index in [4.69, 9.17) is 0 Å². The van der Waals surface area contributed by atoms with Crippen LogP contribution >= 0.6 is 11.3 Å². The molecule has 0 aliphatic carbocycles. The van der Waals surface area contributed by atoms with Crippen molar-refractivity contribution in [2.24, 2.45) is 0 Å². The average Bonchev–Trinajstić information content (AvgIpc) is 3.16. The second-order valence-corrected chi connectivity index (χ2v) is 5.74. The highest BCUT2D eigenvalue weighted by Crippen LogP contribution is 2.24. The molecule has 2 heterocycles. The van der Waals surface area contributed by atoms with Crippen LogP contribution in [-0.2, 0) is 0 Å². The number of aromatic amines is 1. The number of rotatable bonds is 3. The van der Waals surface area contributed by atoms with E-state index in [9.17, 15) is 4.79 Å². The number of fused-ring (bicyclic) bond motifs is 1. The molecule has 3 rings (SSSR count). The van der Waals surface area contributed by atoms with Crippen molar-refractivity contribution in [3.63, 3.8) is 0 Å². The lowest BCUT2D eigenvalue weighted by Crippen LogP contribution is -2.33. The summed E-state index contributed by atoms with van der Waals surface area (Å²) in [7, 11) is 1.79. The Morgan fingerprint density at radius 1 is 1.33 bits per heavy atom. The van der Waals surface area contributed by atoms with E-state index >= 15 is 0 Å². The summed E-state index contributed by atoms with van der Waals surface area (Å²) in [6.45, 7) is 2.01. The highest BCUT2D eigenvalue weighted by molar-refractivity contribution is 7.10. The van der Waals surface area contributed by atoms with Crippen molar-refractivity contribution in [3.05, 3.63) is 40.6 Å². The summed E-state index contributed by atoms with van der Waals surface area (Å²) in [5.41, 5.74) is 2.20. The quantitative estimate of drug-likeness (QED) is 0.780. The molecule has 2 amide bonds. The summed E-state index contributed by atoms with van der Waals surface area (Å²) >= 11 is 1.64. The molecule has 0 aliphatic rings. The predicted molar refractivity (Wildman–Crippen MR) is 83.4 cm³/mol. The minimum absolute atomic E-state index is 0.0285. The van der Waals surface area contributed by atoms with Crippen molar-refractivity contribution in [1.82, 2.24) is 20.3 Å². The number of anilines is 1. The zero-order valence-corrected chi connectivity index (χ0v) is 12.5. The molecule has 21 heavy (non-hydrogen) atoms. The molecule has 1 atom stereocenters. The second kappa shape index (κ2) is 5.53. The molecule has 108 valence electrons. The minimum atomic E-state index is -0.154. The van der Waals surface area contributed by atoms with Crippen molar-refractivity contribution in [3.8, 4) is 0 Å². The zero-order chi connectivity index (χ0) is 14.8. The first-order valence-electron chi connectivity index (χ1n) is 6.53. The Morgan fingerprint density at radius 2 is 2.14 bits per heavy atom. The van der Waals surface area contributed by atoms with Gasteiger partial charge in [-0.05, 0) is 36.6 Å². The number of hydrogen-bond acceptors (Lipinski definition) is 4. The van der Waals surface area contributed by atoms with Crippen LogP contribution in [0.5, 0.6) is 0 Å². The van der Waals surface area contributed by atoms with E-state index in [1.165, 1.54) is 0 Å². The molecule has 6 nitrogen and oxygen atoms in total. The molecule has 3 aromatic rings. The number of hydrogen-bond donors (Lipinski definition) is 2. The summed E-state index contributed by atoms with van der Waals surface area (Å²) in [4.78, 5) is 15.1. The van der Waals surface area contributed by atoms with Crippen LogP contribution in [-0.4, -0.2) is 33.4 Å². The smallest absolute Gasteiger partial charge is 0.320 e. The third-order valence-electron chi connectivity index (χ3n) is 3.42. The molecule has 0 radical (unpaired) electrons. The number of carbonyl (C=O) groups is 1. The Bertz CT molecular complexity index is 752. The maximum atomic E-state index is 12.3. The fourth-order valence-electron chi connectivity index (χ4n) is 2.03. The highest BCUT2D eigenvalue weighted by Gasteiger charge is 2.18. The SMILES string of the molecule is C[C@H](c1cccs1)N(C)C(=O)Nc1ccc2n[nH]nc2c1. The monoisotopic (exact) mass is 301 g/mol. The van der Waals surface area contributed by atoms with Crippen molar-refractivity contribution < 1.29 is 4.79 Å². The van der Waals surface area contributed by atoms with Gasteiger partial charge in [-0.1, -0.05) is 6.07 Å². The number of benzene rings is 1. The lowest BCUT2D eigenvalue weighted by molar-refractivity contribution is 0.209. The van der Waals surface area contributed by atoms with Crippen molar-refractivity contribution in [2.45, 2.75) is 13.0 Å². The summed E-state index contributed by atoms with van der Waals surface area (Å²) in [6.07, 6.45) is 0. The molecule has 0 unspecified atom stereocenters. The fourth-order valence-corrected chi connectivity index (χ4v) is 2.85. The summed E-state index contributed by atoms with van der Waals surface area (Å²) < 4.78 is 0. The van der Waals surface area contributed by atoms with Crippen LogP contribution in [0.1, 0.15) is 17.8 Å². The standard InChI is InChI=1S/C14H15N5OS/c1-9(13-4-3-7-21-13)19(2)14(20)15-10-5-6-11-12(8-10)17-18-16-11/h3-9H,1-2H3,(H,15,20)(H,16,17,18)/t9-/m1/s1. The van der Waals surface area contributed by atoms with Gasteiger partial charge in [0.05, 0.1) is 6.04 Å². The van der Waals surface area contributed by atoms with Gasteiger partial charge in [-0.25, -0.2) is 4.79 Å². The summed E-state index contributed by atoms with van der Waals surface area (Å²) in [6, 6.07) is 9.31. The number of H-pyrrole nitrogens is 1. The number of amides is 2. The van der Waals surface area contributed by atoms with Crippen LogP contribution in [0.15, 0.2) is 35.7 Å². The van der Waals surface area contributed by atoms with Crippen molar-refractivity contribution in [2.75, 3.05) is 12.4 Å². The van der Waals surface area contributed by atoms with Gasteiger partial charge in [0, 0.05) is 17.6 Å². The third-order valence-corrected chi connectivity index (χ3v) is 4.47. The van der Waals surface area contributed by atoms with Gasteiger partial charge < -0.3 is 10.2 Å². The molecule has 0 saturated heterocycles. The van der Waals surface area contributed by atoms with Gasteiger partial charge in [0.1, 0.15) is 11.0 Å². The Kier molecular flexibility index (Phi) is 3.57. The topological polar surface area (TPSA) is 73.9 Å². The third kappa shape index (κ3) is 2.73. The van der Waals surface area contributed by atoms with Gasteiger partial charge in [0.2, 0.25) is 0 Å².